The van der Waals surface area contributed by atoms with Crippen LogP contribution >= 0.6 is 0 Å². The second-order valence-electron chi connectivity index (χ2n) is 7.14. The van der Waals surface area contributed by atoms with Gasteiger partial charge in [0.2, 0.25) is 0 Å². The van der Waals surface area contributed by atoms with E-state index in [1.165, 1.54) is 0 Å². The number of amides is 1. The highest BCUT2D eigenvalue weighted by atomic mass is 16.5. The van der Waals surface area contributed by atoms with Crippen molar-refractivity contribution in [3.05, 3.63) is 54.4 Å². The third-order valence-electron chi connectivity index (χ3n) is 4.86. The molecule has 1 aliphatic rings. The first kappa shape index (κ1) is 18.7. The molecule has 1 aliphatic heterocycles. The van der Waals surface area contributed by atoms with Crippen LogP contribution in [0.4, 0.5) is 5.82 Å². The summed E-state index contributed by atoms with van der Waals surface area (Å²) in [4.78, 5) is 21.9. The number of fused-ring (bicyclic) bond motifs is 3. The van der Waals surface area contributed by atoms with Crippen molar-refractivity contribution in [3.8, 4) is 33.9 Å². The van der Waals surface area contributed by atoms with Gasteiger partial charge < -0.3 is 20.1 Å². The molecular formula is C22H22N4O3. The average molecular weight is 390 g/mol. The topological polar surface area (TPSA) is 90.6 Å². The zero-order chi connectivity index (χ0) is 20.5. The van der Waals surface area contributed by atoms with Gasteiger partial charge in [0, 0.05) is 37.4 Å². The summed E-state index contributed by atoms with van der Waals surface area (Å²) < 4.78 is 11.5. The Balaban J connectivity index is 1.70. The van der Waals surface area contributed by atoms with E-state index in [-0.39, 0.29) is 0 Å². The first-order chi connectivity index (χ1) is 13.9. The summed E-state index contributed by atoms with van der Waals surface area (Å²) in [6, 6.07) is 13.7. The molecule has 0 fully saturated rings. The van der Waals surface area contributed by atoms with Gasteiger partial charge in [0.15, 0.2) is 6.10 Å². The van der Waals surface area contributed by atoms with E-state index < -0.39 is 12.0 Å². The van der Waals surface area contributed by atoms with Crippen LogP contribution in [0.5, 0.6) is 11.5 Å². The van der Waals surface area contributed by atoms with Crippen molar-refractivity contribution in [1.82, 2.24) is 9.97 Å². The fourth-order valence-electron chi connectivity index (χ4n) is 3.20. The number of rotatable bonds is 5. The van der Waals surface area contributed by atoms with Crippen LogP contribution in [-0.4, -0.2) is 36.1 Å². The Kier molecular flexibility index (Phi) is 4.80. The van der Waals surface area contributed by atoms with Crippen LogP contribution in [0.1, 0.15) is 12.5 Å². The van der Waals surface area contributed by atoms with Gasteiger partial charge in [-0.1, -0.05) is 12.1 Å². The lowest BCUT2D eigenvalue weighted by Gasteiger charge is -2.23. The molecule has 0 bridgehead atoms. The first-order valence-electron chi connectivity index (χ1n) is 9.28. The fourth-order valence-corrected chi connectivity index (χ4v) is 3.20. The van der Waals surface area contributed by atoms with Gasteiger partial charge in [-0.25, -0.2) is 9.97 Å². The van der Waals surface area contributed by atoms with Crippen molar-refractivity contribution in [2.45, 2.75) is 19.6 Å². The summed E-state index contributed by atoms with van der Waals surface area (Å²) in [5, 5.41) is 0. The largest absolute Gasteiger partial charge is 0.488 e. The monoisotopic (exact) mass is 390 g/mol. The second kappa shape index (κ2) is 7.43. The predicted octanol–water partition coefficient (Wildman–Crippen LogP) is 3.02. The molecule has 2 heterocycles. The minimum Gasteiger partial charge on any atom is -0.488 e. The van der Waals surface area contributed by atoms with E-state index in [0.717, 1.165) is 33.8 Å². The lowest BCUT2D eigenvalue weighted by molar-refractivity contribution is -0.123. The van der Waals surface area contributed by atoms with Crippen LogP contribution in [0.3, 0.4) is 0 Å². The van der Waals surface area contributed by atoms with Crippen molar-refractivity contribution < 1.29 is 14.3 Å². The Labute approximate surface area is 169 Å². The zero-order valence-electron chi connectivity index (χ0n) is 16.5. The van der Waals surface area contributed by atoms with Crippen LogP contribution < -0.4 is 20.1 Å². The van der Waals surface area contributed by atoms with E-state index in [4.69, 9.17) is 15.2 Å². The zero-order valence-corrected chi connectivity index (χ0v) is 16.5. The molecule has 1 aromatic heterocycles. The lowest BCUT2D eigenvalue weighted by Crippen LogP contribution is -2.30. The molecule has 2 aromatic carbocycles. The van der Waals surface area contributed by atoms with Gasteiger partial charge >= 0.3 is 0 Å². The Morgan fingerprint density at radius 2 is 1.97 bits per heavy atom. The summed E-state index contributed by atoms with van der Waals surface area (Å²) in [7, 11) is 3.90. The molecular weight excluding hydrogens is 368 g/mol. The van der Waals surface area contributed by atoms with Gasteiger partial charge in [-0.15, -0.1) is 0 Å². The summed E-state index contributed by atoms with van der Waals surface area (Å²) in [5.41, 5.74) is 10.3. The number of ether oxygens (including phenoxy) is 2. The fraction of sp³-hybridized carbons (Fsp3) is 0.227. The number of nitrogens with two attached hydrogens (primary N) is 1. The van der Waals surface area contributed by atoms with Crippen LogP contribution in [0.25, 0.3) is 22.4 Å². The molecule has 148 valence electrons. The number of anilines is 1. The molecule has 1 atom stereocenters. The van der Waals surface area contributed by atoms with Gasteiger partial charge in [0.05, 0.1) is 5.69 Å². The van der Waals surface area contributed by atoms with Crippen LogP contribution in [0, 0.1) is 0 Å². The molecule has 3 aromatic rings. The summed E-state index contributed by atoms with van der Waals surface area (Å²) in [6.45, 7) is 2.08. The van der Waals surface area contributed by atoms with Crippen LogP contribution in [-0.2, 0) is 11.4 Å². The third kappa shape index (κ3) is 3.71. The van der Waals surface area contributed by atoms with Crippen molar-refractivity contribution in [3.63, 3.8) is 0 Å². The molecule has 0 aliphatic carbocycles. The van der Waals surface area contributed by atoms with E-state index in [0.29, 0.717) is 18.1 Å². The van der Waals surface area contributed by atoms with E-state index in [1.807, 2.05) is 43.3 Å². The van der Waals surface area contributed by atoms with E-state index >= 15 is 0 Å². The molecule has 0 radical (unpaired) electrons. The molecule has 0 unspecified atom stereocenters. The van der Waals surface area contributed by atoms with Crippen molar-refractivity contribution in [1.29, 1.82) is 0 Å². The SMILES string of the molecule is C[C@H](Oc1ccc2c(c1)OCc1ccc(-c3cc(N(C)C)ncn3)cc1-2)C(N)=O. The van der Waals surface area contributed by atoms with E-state index in [9.17, 15) is 4.79 Å². The van der Waals surface area contributed by atoms with Gasteiger partial charge in [0.1, 0.15) is 30.3 Å². The van der Waals surface area contributed by atoms with Crippen LogP contribution in [0.2, 0.25) is 0 Å². The Bertz CT molecular complexity index is 1080. The highest BCUT2D eigenvalue weighted by molar-refractivity contribution is 5.81. The van der Waals surface area contributed by atoms with Crippen LogP contribution in [0.15, 0.2) is 48.8 Å². The first-order valence-corrected chi connectivity index (χ1v) is 9.28. The predicted molar refractivity (Wildman–Crippen MR) is 111 cm³/mol. The van der Waals surface area contributed by atoms with E-state index in [2.05, 4.69) is 22.1 Å². The molecule has 4 rings (SSSR count). The number of benzene rings is 2. The molecule has 7 nitrogen and oxygen atoms in total. The number of nitrogens with zero attached hydrogens (tertiary/aromatic N) is 3. The average Bonchev–Trinajstić information content (AvgIpc) is 2.73. The minimum atomic E-state index is -0.709. The van der Waals surface area contributed by atoms with Crippen molar-refractivity contribution >= 4 is 11.7 Å². The minimum absolute atomic E-state index is 0.462. The number of hydrogen-bond donors (Lipinski definition) is 1. The van der Waals surface area contributed by atoms with Crippen molar-refractivity contribution in [2.24, 2.45) is 5.73 Å². The Morgan fingerprint density at radius 3 is 2.72 bits per heavy atom. The molecule has 7 heteroatoms. The number of carbonyl (C=O) groups is 1. The number of hydrogen-bond acceptors (Lipinski definition) is 6. The van der Waals surface area contributed by atoms with Gasteiger partial charge in [-0.05, 0) is 36.2 Å². The van der Waals surface area contributed by atoms with Gasteiger partial charge in [0.25, 0.3) is 5.91 Å². The quantitative estimate of drug-likeness (QED) is 0.720. The summed E-state index contributed by atoms with van der Waals surface area (Å²) in [6.07, 6.45) is 0.865. The maximum Gasteiger partial charge on any atom is 0.258 e. The maximum atomic E-state index is 11.2. The molecule has 0 saturated carbocycles. The van der Waals surface area contributed by atoms with E-state index in [1.54, 1.807) is 19.3 Å². The maximum absolute atomic E-state index is 11.2. The normalized spacial score (nSPS) is 12.9. The smallest absolute Gasteiger partial charge is 0.258 e. The summed E-state index contributed by atoms with van der Waals surface area (Å²) in [5.74, 6) is 1.59. The highest BCUT2D eigenvalue weighted by Gasteiger charge is 2.20. The standard InChI is InChI=1S/C22H22N4O3/c1-13(22(23)27)29-16-6-7-17-18-8-14(4-5-15(18)11-28-20(17)9-16)19-10-21(26(2)3)25-12-24-19/h4-10,12-13H,11H2,1-3H3,(H2,23,27)/t13-/m0/s1. The van der Waals surface area contributed by atoms with Gasteiger partial charge in [-0.3, -0.25) is 4.79 Å². The number of aromatic nitrogens is 2. The Morgan fingerprint density at radius 1 is 1.14 bits per heavy atom. The third-order valence-corrected chi connectivity index (χ3v) is 4.86. The molecule has 0 spiro atoms. The molecule has 2 N–H and O–H groups in total. The Hall–Kier alpha value is -3.61. The number of carbonyl (C=O) groups excluding carboxylic acids is 1. The summed E-state index contributed by atoms with van der Waals surface area (Å²) >= 11 is 0. The lowest BCUT2D eigenvalue weighted by atomic mass is 9.94. The molecule has 1 amide bonds. The molecule has 29 heavy (non-hydrogen) atoms. The highest BCUT2D eigenvalue weighted by Crippen LogP contribution is 2.41. The van der Waals surface area contributed by atoms with Gasteiger partial charge in [-0.2, -0.15) is 0 Å². The number of primary amides is 1. The second-order valence-corrected chi connectivity index (χ2v) is 7.14. The molecule has 0 saturated heterocycles. The van der Waals surface area contributed by atoms with Crippen molar-refractivity contribution in [2.75, 3.05) is 19.0 Å².